The molecule has 1 fully saturated rings. The number of Topliss-reactive ketones (excluding diaryl/α,β-unsaturated/α-hetero) is 1. The summed E-state index contributed by atoms with van der Waals surface area (Å²) in [6.07, 6.45) is -0.458. The zero-order valence-electron chi connectivity index (χ0n) is 16.1. The molecule has 30 heavy (non-hydrogen) atoms. The van der Waals surface area contributed by atoms with E-state index < -0.39 is 35.7 Å². The predicted molar refractivity (Wildman–Crippen MR) is 112 cm³/mol. The first kappa shape index (κ1) is 21.1. The third-order valence-electron chi connectivity index (χ3n) is 5.05. The van der Waals surface area contributed by atoms with Crippen LogP contribution in [0.1, 0.15) is 23.5 Å². The lowest BCUT2D eigenvalue weighted by molar-refractivity contribution is -0.154. The van der Waals surface area contributed by atoms with E-state index in [0.717, 1.165) is 18.2 Å². The summed E-state index contributed by atoms with van der Waals surface area (Å²) < 4.78 is 4.87. The smallest absolute Gasteiger partial charge is 0.333 e. The molecular formula is C22H19N3O4S. The minimum Gasteiger partial charge on any atom is -0.467 e. The average molecular weight is 421 g/mol. The number of methoxy groups -OCH3 is 1. The fraction of sp³-hybridized carbons (Fsp3) is 0.227. The average Bonchev–Trinajstić information content (AvgIpc) is 2.74. The number of thiocarbonyl (C=S) groups is 1. The van der Waals surface area contributed by atoms with E-state index in [4.69, 9.17) is 17.0 Å². The van der Waals surface area contributed by atoms with Crippen LogP contribution in [0.15, 0.2) is 60.7 Å². The molecule has 2 atom stereocenters. The number of hydrogen-bond donors (Lipinski definition) is 2. The Morgan fingerprint density at radius 2 is 1.67 bits per heavy atom. The van der Waals surface area contributed by atoms with Crippen molar-refractivity contribution in [1.29, 1.82) is 5.26 Å². The van der Waals surface area contributed by atoms with Crippen molar-refractivity contribution in [2.45, 2.75) is 17.9 Å². The summed E-state index contributed by atoms with van der Waals surface area (Å²) in [6.45, 7) is 0. The lowest BCUT2D eigenvalue weighted by atomic mass is 9.74. The second-order valence-electron chi connectivity index (χ2n) is 6.87. The van der Waals surface area contributed by atoms with Gasteiger partial charge in [-0.15, -0.1) is 0 Å². The van der Waals surface area contributed by atoms with Gasteiger partial charge in [0.2, 0.25) is 5.91 Å². The molecule has 0 aromatic heterocycles. The Kier molecular flexibility index (Phi) is 6.23. The van der Waals surface area contributed by atoms with Crippen LogP contribution < -0.4 is 10.6 Å². The van der Waals surface area contributed by atoms with E-state index in [1.807, 2.05) is 66.7 Å². The van der Waals surface area contributed by atoms with Gasteiger partial charge in [0.25, 0.3) is 0 Å². The van der Waals surface area contributed by atoms with Crippen LogP contribution in [0.2, 0.25) is 0 Å². The minimum absolute atomic E-state index is 0.138. The lowest BCUT2D eigenvalue weighted by Crippen LogP contribution is -2.70. The number of nitrogens with one attached hydrogen (secondary N) is 2. The minimum atomic E-state index is -1.91. The van der Waals surface area contributed by atoms with Gasteiger partial charge in [-0.3, -0.25) is 9.59 Å². The summed E-state index contributed by atoms with van der Waals surface area (Å²) in [5, 5.41) is 14.5. The monoisotopic (exact) mass is 421 g/mol. The fourth-order valence-corrected chi connectivity index (χ4v) is 3.97. The second-order valence-corrected chi connectivity index (χ2v) is 7.27. The molecule has 2 aromatic rings. The molecule has 2 N–H and O–H groups in total. The van der Waals surface area contributed by atoms with Gasteiger partial charge in [-0.2, -0.15) is 5.26 Å². The summed E-state index contributed by atoms with van der Waals surface area (Å²) in [5.41, 5.74) is -0.461. The van der Waals surface area contributed by atoms with Crippen molar-refractivity contribution in [3.8, 4) is 6.07 Å². The van der Waals surface area contributed by atoms with E-state index in [1.165, 1.54) is 0 Å². The number of benzene rings is 2. The molecular weight excluding hydrogens is 402 g/mol. The number of esters is 1. The van der Waals surface area contributed by atoms with Crippen molar-refractivity contribution in [3.05, 3.63) is 71.8 Å². The van der Waals surface area contributed by atoms with E-state index in [-0.39, 0.29) is 10.9 Å². The molecule has 1 amide bonds. The molecule has 0 spiro atoms. The lowest BCUT2D eigenvalue weighted by Gasteiger charge is -2.39. The number of nitriles is 1. The molecule has 0 aliphatic carbocycles. The number of ketones is 1. The van der Waals surface area contributed by atoms with Gasteiger partial charge in [0.05, 0.1) is 19.1 Å². The zero-order chi connectivity index (χ0) is 21.7. The normalized spacial score (nSPS) is 20.6. The first-order valence-electron chi connectivity index (χ1n) is 9.16. The highest BCUT2D eigenvalue weighted by molar-refractivity contribution is 7.80. The number of amides is 1. The number of carbonyl (C=O) groups is 3. The number of ether oxygens (including phenoxy) is 1. The SMILES string of the molecule is COC(=O)[C@]1(CC(=O)C(c2ccccc2)c2ccccc2)NC(=S)NC(=O)[C@H]1C#N. The van der Waals surface area contributed by atoms with Gasteiger partial charge in [0.15, 0.2) is 16.6 Å². The number of hydrogen-bond acceptors (Lipinski definition) is 6. The highest BCUT2D eigenvalue weighted by Gasteiger charge is 2.56. The number of nitrogens with zero attached hydrogens (tertiary/aromatic N) is 1. The van der Waals surface area contributed by atoms with Crippen LogP contribution in [-0.4, -0.2) is 35.4 Å². The van der Waals surface area contributed by atoms with Crippen LogP contribution >= 0.6 is 12.2 Å². The van der Waals surface area contributed by atoms with Crippen LogP contribution in [-0.2, 0) is 19.1 Å². The molecule has 3 rings (SSSR count). The van der Waals surface area contributed by atoms with Gasteiger partial charge in [-0.05, 0) is 23.3 Å². The Labute approximate surface area is 179 Å². The molecule has 1 heterocycles. The Bertz CT molecular complexity index is 980. The topological polar surface area (TPSA) is 108 Å². The molecule has 152 valence electrons. The van der Waals surface area contributed by atoms with Gasteiger partial charge in [-0.1, -0.05) is 60.7 Å². The second kappa shape index (κ2) is 8.84. The predicted octanol–water partition coefficient (Wildman–Crippen LogP) is 1.83. The van der Waals surface area contributed by atoms with Crippen molar-refractivity contribution in [2.24, 2.45) is 5.92 Å². The first-order valence-corrected chi connectivity index (χ1v) is 9.57. The summed E-state index contributed by atoms with van der Waals surface area (Å²) in [4.78, 5) is 38.7. The van der Waals surface area contributed by atoms with E-state index >= 15 is 0 Å². The quantitative estimate of drug-likeness (QED) is 0.541. The van der Waals surface area contributed by atoms with Gasteiger partial charge < -0.3 is 15.4 Å². The van der Waals surface area contributed by atoms with Gasteiger partial charge in [0, 0.05) is 6.42 Å². The summed E-state index contributed by atoms with van der Waals surface area (Å²) in [5.74, 6) is -4.21. The Morgan fingerprint density at radius 1 is 1.13 bits per heavy atom. The maximum absolute atomic E-state index is 13.6. The third-order valence-corrected chi connectivity index (χ3v) is 5.25. The Balaban J connectivity index is 2.07. The molecule has 0 bridgehead atoms. The van der Waals surface area contributed by atoms with Crippen molar-refractivity contribution in [2.75, 3.05) is 7.11 Å². The van der Waals surface area contributed by atoms with E-state index in [1.54, 1.807) is 0 Å². The maximum atomic E-state index is 13.6. The number of carbonyl (C=O) groups excluding carboxylic acids is 3. The van der Waals surface area contributed by atoms with Crippen LogP contribution in [0, 0.1) is 17.2 Å². The maximum Gasteiger partial charge on any atom is 0.333 e. The highest BCUT2D eigenvalue weighted by Crippen LogP contribution is 2.33. The molecule has 7 nitrogen and oxygen atoms in total. The first-order chi connectivity index (χ1) is 14.4. The van der Waals surface area contributed by atoms with Crippen LogP contribution in [0.3, 0.4) is 0 Å². The largest absolute Gasteiger partial charge is 0.467 e. The van der Waals surface area contributed by atoms with Crippen molar-refractivity contribution < 1.29 is 19.1 Å². The third kappa shape index (κ3) is 3.93. The standard InChI is InChI=1S/C22H19N3O4S/c1-29-20(28)22(16(13-23)19(27)24-21(30)25-22)12-17(26)18(14-8-4-2-5-9-14)15-10-6-3-7-11-15/h2-11,16,18H,12H2,1H3,(H2,24,25,27,30)/t16-,22-/m1/s1. The molecule has 0 unspecified atom stereocenters. The number of rotatable bonds is 6. The molecule has 1 aliphatic heterocycles. The molecule has 1 aliphatic rings. The van der Waals surface area contributed by atoms with Crippen molar-refractivity contribution in [1.82, 2.24) is 10.6 Å². The van der Waals surface area contributed by atoms with Crippen molar-refractivity contribution >= 4 is 35.0 Å². The Hall–Kier alpha value is -3.57. The fourth-order valence-electron chi connectivity index (χ4n) is 3.68. The highest BCUT2D eigenvalue weighted by atomic mass is 32.1. The van der Waals surface area contributed by atoms with Crippen LogP contribution in [0.25, 0.3) is 0 Å². The van der Waals surface area contributed by atoms with E-state index in [2.05, 4.69) is 10.6 Å². The van der Waals surface area contributed by atoms with E-state index in [0.29, 0.717) is 0 Å². The molecule has 2 aromatic carbocycles. The Morgan fingerprint density at radius 3 is 2.13 bits per heavy atom. The van der Waals surface area contributed by atoms with Gasteiger partial charge in [0.1, 0.15) is 5.78 Å². The van der Waals surface area contributed by atoms with E-state index in [9.17, 15) is 19.6 Å². The van der Waals surface area contributed by atoms with Gasteiger partial charge >= 0.3 is 5.97 Å². The summed E-state index contributed by atoms with van der Waals surface area (Å²) in [6, 6.07) is 20.0. The summed E-state index contributed by atoms with van der Waals surface area (Å²) in [7, 11) is 1.13. The molecule has 1 saturated heterocycles. The zero-order valence-corrected chi connectivity index (χ0v) is 16.9. The van der Waals surface area contributed by atoms with Crippen molar-refractivity contribution in [3.63, 3.8) is 0 Å². The molecule has 8 heteroatoms. The van der Waals surface area contributed by atoms with Crippen LogP contribution in [0.5, 0.6) is 0 Å². The molecule has 0 saturated carbocycles. The summed E-state index contributed by atoms with van der Waals surface area (Å²) >= 11 is 5.03. The van der Waals surface area contributed by atoms with Gasteiger partial charge in [-0.25, -0.2) is 4.79 Å². The molecule has 0 radical (unpaired) electrons. The van der Waals surface area contributed by atoms with Crippen LogP contribution in [0.4, 0.5) is 0 Å².